The number of ether oxygens (including phenoxy) is 2. The number of Topliss-reactive ketones (excluding diaryl/α,β-unsaturated/α-hetero) is 2. The van der Waals surface area contributed by atoms with Gasteiger partial charge in [0.2, 0.25) is 29.0 Å². The largest absolute Gasteiger partial charge is 0.489 e. The topological polar surface area (TPSA) is 119 Å². The van der Waals surface area contributed by atoms with E-state index in [1.54, 1.807) is 0 Å². The zero-order valence-corrected chi connectivity index (χ0v) is 13.4. The Bertz CT molecular complexity index is 615. The fourth-order valence-corrected chi connectivity index (χ4v) is 2.11. The van der Waals surface area contributed by atoms with Crippen LogP contribution in [0, 0.1) is 0 Å². The number of hydrogen-bond donors (Lipinski definition) is 2. The van der Waals surface area contributed by atoms with E-state index in [1.807, 2.05) is 0 Å². The summed E-state index contributed by atoms with van der Waals surface area (Å²) in [6.07, 6.45) is -0.124. The van der Waals surface area contributed by atoms with Crippen LogP contribution >= 0.6 is 0 Å². The second kappa shape index (κ2) is 7.57. The summed E-state index contributed by atoms with van der Waals surface area (Å²) in [6.45, 7) is 2.80. The summed E-state index contributed by atoms with van der Waals surface area (Å²) in [4.78, 5) is 46.9. The number of rotatable bonds is 7. The number of carbonyl (C=O) groups is 4. The Morgan fingerprint density at radius 2 is 1.65 bits per heavy atom. The van der Waals surface area contributed by atoms with Crippen molar-refractivity contribution in [1.29, 1.82) is 0 Å². The molecule has 0 saturated heterocycles. The van der Waals surface area contributed by atoms with E-state index in [-0.39, 0.29) is 35.5 Å². The molecule has 0 aromatic carbocycles. The second-order valence-electron chi connectivity index (χ2n) is 4.96. The Balaban J connectivity index is 2.87. The van der Waals surface area contributed by atoms with Gasteiger partial charge in [-0.2, -0.15) is 0 Å². The normalized spacial score (nSPS) is 16.3. The molecule has 0 heterocycles. The van der Waals surface area contributed by atoms with Crippen LogP contribution in [-0.4, -0.2) is 48.8 Å². The number of carbonyl (C=O) groups excluding carboxylic acids is 3. The third-order valence-corrected chi connectivity index (χ3v) is 3.44. The number of ketones is 2. The first-order valence-corrected chi connectivity index (χ1v) is 6.88. The number of allylic oxidation sites excluding steroid dienone is 2. The summed E-state index contributed by atoms with van der Waals surface area (Å²) in [5.41, 5.74) is 0.345. The fraction of sp³-hybridized carbons (Fsp3) is 0.467. The Morgan fingerprint density at radius 3 is 2.13 bits per heavy atom. The molecule has 1 atom stereocenters. The van der Waals surface area contributed by atoms with Crippen LogP contribution in [0.3, 0.4) is 0 Å². The second-order valence-corrected chi connectivity index (χ2v) is 4.96. The van der Waals surface area contributed by atoms with E-state index in [0.717, 1.165) is 0 Å². The van der Waals surface area contributed by atoms with E-state index in [1.165, 1.54) is 28.1 Å². The Labute approximate surface area is 133 Å². The molecule has 0 aromatic rings. The van der Waals surface area contributed by atoms with E-state index in [2.05, 4.69) is 5.32 Å². The number of nitrogens with one attached hydrogen (secondary N) is 1. The lowest BCUT2D eigenvalue weighted by Crippen LogP contribution is -2.38. The summed E-state index contributed by atoms with van der Waals surface area (Å²) >= 11 is 0. The lowest BCUT2D eigenvalue weighted by Gasteiger charge is -2.20. The molecule has 1 rings (SSSR count). The van der Waals surface area contributed by atoms with Gasteiger partial charge in [-0.15, -0.1) is 0 Å². The van der Waals surface area contributed by atoms with Crippen LogP contribution in [0.1, 0.15) is 26.7 Å². The van der Waals surface area contributed by atoms with Gasteiger partial charge in [0.1, 0.15) is 6.04 Å². The monoisotopic (exact) mass is 325 g/mol. The van der Waals surface area contributed by atoms with Crippen LogP contribution in [-0.2, 0) is 28.7 Å². The van der Waals surface area contributed by atoms with Gasteiger partial charge < -0.3 is 19.9 Å². The highest BCUT2D eigenvalue weighted by molar-refractivity contribution is 6.23. The molecule has 0 aromatic heterocycles. The Kier molecular flexibility index (Phi) is 6.06. The van der Waals surface area contributed by atoms with Gasteiger partial charge in [-0.05, 0) is 20.3 Å². The highest BCUT2D eigenvalue weighted by Crippen LogP contribution is 2.28. The van der Waals surface area contributed by atoms with Gasteiger partial charge in [-0.1, -0.05) is 0 Å². The first-order valence-electron chi connectivity index (χ1n) is 6.88. The molecule has 0 fully saturated rings. The van der Waals surface area contributed by atoms with E-state index in [9.17, 15) is 19.2 Å². The van der Waals surface area contributed by atoms with Gasteiger partial charge in [0.15, 0.2) is 0 Å². The Hall–Kier alpha value is -2.64. The smallest absolute Gasteiger partial charge is 0.325 e. The van der Waals surface area contributed by atoms with E-state index < -0.39 is 29.5 Å². The van der Waals surface area contributed by atoms with Crippen LogP contribution in [0.5, 0.6) is 0 Å². The van der Waals surface area contributed by atoms with E-state index >= 15 is 0 Å². The number of hydrogen-bond acceptors (Lipinski definition) is 6. The Morgan fingerprint density at radius 1 is 1.13 bits per heavy atom. The molecule has 8 nitrogen and oxygen atoms in total. The van der Waals surface area contributed by atoms with Gasteiger partial charge in [0.25, 0.3) is 0 Å². The van der Waals surface area contributed by atoms with Crippen molar-refractivity contribution in [3.05, 3.63) is 22.7 Å². The van der Waals surface area contributed by atoms with Gasteiger partial charge in [0, 0.05) is 17.6 Å². The quantitative estimate of drug-likeness (QED) is 0.647. The maximum Gasteiger partial charge on any atom is 0.325 e. The maximum absolute atomic E-state index is 12.3. The number of carboxylic acid groups (broad SMARTS) is 1. The van der Waals surface area contributed by atoms with E-state index in [4.69, 9.17) is 14.6 Å². The van der Waals surface area contributed by atoms with Crippen molar-refractivity contribution in [3.8, 4) is 0 Å². The van der Waals surface area contributed by atoms with Crippen molar-refractivity contribution in [2.45, 2.75) is 32.7 Å². The number of carboxylic acids is 1. The van der Waals surface area contributed by atoms with Gasteiger partial charge >= 0.3 is 5.97 Å². The van der Waals surface area contributed by atoms with Crippen molar-refractivity contribution in [1.82, 2.24) is 5.32 Å². The number of methoxy groups -OCH3 is 2. The molecule has 126 valence electrons. The minimum absolute atomic E-state index is 0.00155. The van der Waals surface area contributed by atoms with Crippen LogP contribution in [0.4, 0.5) is 0 Å². The molecule has 1 aliphatic carbocycles. The van der Waals surface area contributed by atoms with Gasteiger partial charge in [0.05, 0.1) is 14.2 Å². The minimum atomic E-state index is -1.16. The summed E-state index contributed by atoms with van der Waals surface area (Å²) in [5.74, 6) is -3.04. The van der Waals surface area contributed by atoms with Crippen molar-refractivity contribution in [2.24, 2.45) is 0 Å². The highest BCUT2D eigenvalue weighted by Gasteiger charge is 2.34. The molecule has 0 aliphatic heterocycles. The summed E-state index contributed by atoms with van der Waals surface area (Å²) in [7, 11) is 2.51. The predicted octanol–water partition coefficient (Wildman–Crippen LogP) is 0.329. The molecular formula is C15H19NO7. The highest BCUT2D eigenvalue weighted by atomic mass is 16.5. The molecule has 8 heteroatoms. The van der Waals surface area contributed by atoms with Crippen LogP contribution in [0.2, 0.25) is 0 Å². The molecule has 0 spiro atoms. The minimum Gasteiger partial charge on any atom is -0.489 e. The van der Waals surface area contributed by atoms with E-state index in [0.29, 0.717) is 0 Å². The molecule has 1 aliphatic rings. The van der Waals surface area contributed by atoms with Crippen LogP contribution < -0.4 is 5.32 Å². The van der Waals surface area contributed by atoms with Crippen molar-refractivity contribution < 1.29 is 33.8 Å². The first kappa shape index (κ1) is 18.4. The molecule has 0 bridgehead atoms. The molecule has 0 unspecified atom stereocenters. The average Bonchev–Trinajstić information content (AvgIpc) is 2.50. The zero-order chi connectivity index (χ0) is 17.7. The third kappa shape index (κ3) is 3.97. The fourth-order valence-electron chi connectivity index (χ4n) is 2.11. The third-order valence-electron chi connectivity index (χ3n) is 3.44. The first-order chi connectivity index (χ1) is 10.7. The SMILES string of the molecule is COC1=C(OC)C(=O)C(CCC(=O)N[C@@H](C)C(=O)O)=C(C)C1=O. The number of aliphatic carboxylic acids is 1. The lowest BCUT2D eigenvalue weighted by atomic mass is 9.90. The van der Waals surface area contributed by atoms with Crippen LogP contribution in [0.25, 0.3) is 0 Å². The van der Waals surface area contributed by atoms with Crippen molar-refractivity contribution in [2.75, 3.05) is 14.2 Å². The molecular weight excluding hydrogens is 306 g/mol. The summed E-state index contributed by atoms with van der Waals surface area (Å²) in [5, 5.41) is 11.0. The van der Waals surface area contributed by atoms with Crippen molar-refractivity contribution >= 4 is 23.4 Å². The standard InChI is InChI=1S/C15H19NO7/c1-7-9(5-6-10(17)16-8(2)15(20)21)12(19)14(23-4)13(22-3)11(7)18/h8H,5-6H2,1-4H3,(H,16,17)(H,20,21)/t8-/m0/s1. The average molecular weight is 325 g/mol. The number of amides is 1. The van der Waals surface area contributed by atoms with Crippen molar-refractivity contribution in [3.63, 3.8) is 0 Å². The molecule has 23 heavy (non-hydrogen) atoms. The van der Waals surface area contributed by atoms with Crippen LogP contribution in [0.15, 0.2) is 22.7 Å². The maximum atomic E-state index is 12.3. The molecule has 1 amide bonds. The predicted molar refractivity (Wildman–Crippen MR) is 78.2 cm³/mol. The van der Waals surface area contributed by atoms with Gasteiger partial charge in [-0.3, -0.25) is 19.2 Å². The molecule has 2 N–H and O–H groups in total. The molecule has 0 saturated carbocycles. The summed E-state index contributed by atoms with van der Waals surface area (Å²) < 4.78 is 9.84. The lowest BCUT2D eigenvalue weighted by molar-refractivity contribution is -0.141. The summed E-state index contributed by atoms with van der Waals surface area (Å²) in [6, 6.07) is -1.03. The molecule has 0 radical (unpaired) electrons. The van der Waals surface area contributed by atoms with Gasteiger partial charge in [-0.25, -0.2) is 0 Å². The zero-order valence-electron chi connectivity index (χ0n) is 13.4.